The molecule has 1 unspecified atom stereocenters. The second-order valence-electron chi connectivity index (χ2n) is 6.42. The Kier molecular flexibility index (Phi) is 4.24. The predicted octanol–water partition coefficient (Wildman–Crippen LogP) is 3.65. The van der Waals surface area contributed by atoms with Crippen LogP contribution in [-0.4, -0.2) is 30.6 Å². The number of hydrogen-bond acceptors (Lipinski definition) is 4. The lowest BCUT2D eigenvalue weighted by atomic mass is 10.0. The summed E-state index contributed by atoms with van der Waals surface area (Å²) in [5, 5.41) is 3.97. The van der Waals surface area contributed by atoms with Crippen LogP contribution >= 0.6 is 0 Å². The molecule has 3 aromatic rings. The Morgan fingerprint density at radius 2 is 2.16 bits per heavy atom. The van der Waals surface area contributed by atoms with Crippen molar-refractivity contribution in [3.05, 3.63) is 54.3 Å². The van der Waals surface area contributed by atoms with E-state index >= 15 is 0 Å². The summed E-state index contributed by atoms with van der Waals surface area (Å²) < 4.78 is 10.7. The van der Waals surface area contributed by atoms with Crippen LogP contribution in [-0.2, 0) is 4.74 Å². The summed E-state index contributed by atoms with van der Waals surface area (Å²) in [6, 6.07) is 13.2. The third kappa shape index (κ3) is 3.28. The van der Waals surface area contributed by atoms with Crippen LogP contribution in [0.4, 0.5) is 0 Å². The first-order valence-electron chi connectivity index (χ1n) is 8.49. The third-order valence-corrected chi connectivity index (χ3v) is 4.59. The highest BCUT2D eigenvalue weighted by Crippen LogP contribution is 2.33. The number of fused-ring (bicyclic) bond motifs is 1. The van der Waals surface area contributed by atoms with Gasteiger partial charge in [0.2, 0.25) is 0 Å². The molecule has 5 nitrogen and oxygen atoms in total. The zero-order valence-corrected chi connectivity index (χ0v) is 14.1. The Bertz CT molecular complexity index is 885. The van der Waals surface area contributed by atoms with Gasteiger partial charge in [0.25, 0.3) is 5.91 Å². The zero-order valence-electron chi connectivity index (χ0n) is 14.1. The number of carbonyl (C=O) groups is 1. The maximum atomic E-state index is 13.0. The van der Waals surface area contributed by atoms with E-state index in [1.807, 2.05) is 36.4 Å². The van der Waals surface area contributed by atoms with Gasteiger partial charge in [-0.25, -0.2) is 4.98 Å². The number of amides is 1. The van der Waals surface area contributed by atoms with Crippen molar-refractivity contribution in [3.8, 4) is 11.5 Å². The normalized spacial score (nSPS) is 15.2. The van der Waals surface area contributed by atoms with Gasteiger partial charge in [0.05, 0.1) is 30.0 Å². The van der Waals surface area contributed by atoms with E-state index in [4.69, 9.17) is 9.15 Å². The smallest absolute Gasteiger partial charge is 0.252 e. The lowest BCUT2D eigenvalue weighted by Gasteiger charge is -2.18. The third-order valence-electron chi connectivity index (χ3n) is 4.59. The summed E-state index contributed by atoms with van der Waals surface area (Å²) in [5.74, 6) is 1.07. The minimum Gasteiger partial charge on any atom is -0.463 e. The van der Waals surface area contributed by atoms with Crippen LogP contribution in [0.25, 0.3) is 22.4 Å². The summed E-state index contributed by atoms with van der Waals surface area (Å²) in [7, 11) is 1.67. The minimum atomic E-state index is -0.0969. The van der Waals surface area contributed by atoms with Crippen LogP contribution in [0.3, 0.4) is 0 Å². The van der Waals surface area contributed by atoms with Gasteiger partial charge in [-0.15, -0.1) is 0 Å². The fraction of sp³-hybridized carbons (Fsp3) is 0.300. The van der Waals surface area contributed by atoms with Gasteiger partial charge in [-0.3, -0.25) is 4.79 Å². The standard InChI is InChI=1S/C20H20N2O3/c1-24-12-18(13-8-9-13)22-20(23)15-11-17(19-7-4-10-25-19)21-16-6-3-2-5-14(15)16/h2-7,10-11,13,18H,8-9,12H2,1H3,(H,22,23). The molecule has 1 fully saturated rings. The van der Waals surface area contributed by atoms with Gasteiger partial charge in [-0.05, 0) is 43.0 Å². The van der Waals surface area contributed by atoms with Gasteiger partial charge < -0.3 is 14.5 Å². The molecule has 1 aromatic carbocycles. The SMILES string of the molecule is COCC(NC(=O)c1cc(-c2ccco2)nc2ccccc12)C1CC1. The molecule has 1 amide bonds. The van der Waals surface area contributed by atoms with Crippen molar-refractivity contribution < 1.29 is 13.9 Å². The quantitative estimate of drug-likeness (QED) is 0.746. The van der Waals surface area contributed by atoms with Crippen LogP contribution in [0.15, 0.2) is 53.1 Å². The van der Waals surface area contributed by atoms with Crippen molar-refractivity contribution in [1.29, 1.82) is 0 Å². The summed E-state index contributed by atoms with van der Waals surface area (Å²) in [5.41, 5.74) is 2.04. The van der Waals surface area contributed by atoms with E-state index in [9.17, 15) is 4.79 Å². The Hall–Kier alpha value is -2.66. The number of nitrogens with one attached hydrogen (secondary N) is 1. The maximum Gasteiger partial charge on any atom is 0.252 e. The number of nitrogens with zero attached hydrogens (tertiary/aromatic N) is 1. The van der Waals surface area contributed by atoms with E-state index in [1.54, 1.807) is 19.4 Å². The molecule has 2 heterocycles. The first-order chi connectivity index (χ1) is 12.3. The molecule has 1 aliphatic carbocycles. The van der Waals surface area contributed by atoms with Crippen LogP contribution in [0, 0.1) is 5.92 Å². The number of hydrogen-bond donors (Lipinski definition) is 1. The van der Waals surface area contributed by atoms with E-state index in [0.717, 1.165) is 23.7 Å². The van der Waals surface area contributed by atoms with Crippen LogP contribution in [0.1, 0.15) is 23.2 Å². The topological polar surface area (TPSA) is 64.4 Å². The molecule has 0 saturated heterocycles. The Balaban J connectivity index is 1.73. The van der Waals surface area contributed by atoms with Crippen LogP contribution in [0.5, 0.6) is 0 Å². The average Bonchev–Trinajstić information content (AvgIpc) is 3.34. The molecular weight excluding hydrogens is 316 g/mol. The zero-order chi connectivity index (χ0) is 17.2. The predicted molar refractivity (Wildman–Crippen MR) is 95.3 cm³/mol. The number of aromatic nitrogens is 1. The number of rotatable bonds is 6. The highest BCUT2D eigenvalue weighted by Gasteiger charge is 2.32. The first-order valence-corrected chi connectivity index (χ1v) is 8.49. The number of methoxy groups -OCH3 is 1. The van der Waals surface area contributed by atoms with Gasteiger partial charge in [-0.1, -0.05) is 18.2 Å². The molecular formula is C20H20N2O3. The van der Waals surface area contributed by atoms with E-state index in [1.165, 1.54) is 0 Å². The Morgan fingerprint density at radius 3 is 2.88 bits per heavy atom. The highest BCUT2D eigenvalue weighted by atomic mass is 16.5. The highest BCUT2D eigenvalue weighted by molar-refractivity contribution is 6.07. The fourth-order valence-electron chi connectivity index (χ4n) is 3.13. The number of furan rings is 1. The van der Waals surface area contributed by atoms with E-state index in [-0.39, 0.29) is 11.9 Å². The molecule has 1 atom stereocenters. The average molecular weight is 336 g/mol. The summed E-state index contributed by atoms with van der Waals surface area (Å²) in [6.45, 7) is 0.532. The lowest BCUT2D eigenvalue weighted by molar-refractivity contribution is 0.0885. The molecule has 0 radical (unpaired) electrons. The second-order valence-corrected chi connectivity index (χ2v) is 6.42. The monoisotopic (exact) mass is 336 g/mol. The van der Waals surface area contributed by atoms with Crippen LogP contribution < -0.4 is 5.32 Å². The number of para-hydroxylation sites is 1. The number of ether oxygens (including phenoxy) is 1. The van der Waals surface area contributed by atoms with Gasteiger partial charge >= 0.3 is 0 Å². The molecule has 25 heavy (non-hydrogen) atoms. The number of pyridine rings is 1. The summed E-state index contributed by atoms with van der Waals surface area (Å²) >= 11 is 0. The second kappa shape index (κ2) is 6.69. The number of carbonyl (C=O) groups excluding carboxylic acids is 1. The molecule has 5 heteroatoms. The van der Waals surface area contributed by atoms with Crippen molar-refractivity contribution in [1.82, 2.24) is 10.3 Å². The van der Waals surface area contributed by atoms with Gasteiger partial charge in [0, 0.05) is 12.5 Å². The van der Waals surface area contributed by atoms with Crippen molar-refractivity contribution in [3.63, 3.8) is 0 Å². The van der Waals surface area contributed by atoms with Crippen molar-refractivity contribution in [2.24, 2.45) is 5.92 Å². The molecule has 0 spiro atoms. The van der Waals surface area contributed by atoms with E-state index in [2.05, 4.69) is 10.3 Å². The van der Waals surface area contributed by atoms with Gasteiger partial charge in [0.1, 0.15) is 5.69 Å². The Labute approximate surface area is 146 Å². The summed E-state index contributed by atoms with van der Waals surface area (Å²) in [6.07, 6.45) is 3.89. The maximum absolute atomic E-state index is 13.0. The van der Waals surface area contributed by atoms with Crippen molar-refractivity contribution in [2.45, 2.75) is 18.9 Å². The molecule has 1 aliphatic rings. The molecule has 0 bridgehead atoms. The van der Waals surface area contributed by atoms with Crippen LogP contribution in [0.2, 0.25) is 0 Å². The van der Waals surface area contributed by atoms with Crippen molar-refractivity contribution in [2.75, 3.05) is 13.7 Å². The van der Waals surface area contributed by atoms with Crippen molar-refractivity contribution >= 4 is 16.8 Å². The largest absolute Gasteiger partial charge is 0.463 e. The first kappa shape index (κ1) is 15.8. The molecule has 1 saturated carbocycles. The molecule has 1 N–H and O–H groups in total. The summed E-state index contributed by atoms with van der Waals surface area (Å²) in [4.78, 5) is 17.6. The molecule has 0 aliphatic heterocycles. The van der Waals surface area contributed by atoms with Gasteiger partial charge in [0.15, 0.2) is 5.76 Å². The molecule has 128 valence electrons. The molecule has 4 rings (SSSR count). The lowest BCUT2D eigenvalue weighted by Crippen LogP contribution is -2.39. The Morgan fingerprint density at radius 1 is 1.32 bits per heavy atom. The minimum absolute atomic E-state index is 0.0523. The van der Waals surface area contributed by atoms with Gasteiger partial charge in [-0.2, -0.15) is 0 Å². The fourth-order valence-corrected chi connectivity index (χ4v) is 3.13. The molecule has 2 aromatic heterocycles. The number of benzene rings is 1. The van der Waals surface area contributed by atoms with E-state index in [0.29, 0.717) is 29.5 Å². The van der Waals surface area contributed by atoms with E-state index < -0.39 is 0 Å².